The van der Waals surface area contributed by atoms with E-state index in [1.165, 1.54) is 6.20 Å². The summed E-state index contributed by atoms with van der Waals surface area (Å²) in [5.74, 6) is 0.526. The molecule has 0 fully saturated rings. The largest absolute Gasteiger partial charge is 0.383 e. The predicted molar refractivity (Wildman–Crippen MR) is 60.0 cm³/mol. The fraction of sp³-hybridized carbons (Fsp3) is 0.500. The summed E-state index contributed by atoms with van der Waals surface area (Å²) >= 11 is 0. The lowest BCUT2D eigenvalue weighted by atomic mass is 10.4. The zero-order valence-corrected chi connectivity index (χ0v) is 9.23. The van der Waals surface area contributed by atoms with E-state index >= 15 is 0 Å². The lowest BCUT2D eigenvalue weighted by Crippen LogP contribution is -2.25. The van der Waals surface area contributed by atoms with Crippen molar-refractivity contribution in [3.05, 3.63) is 18.1 Å². The first-order chi connectivity index (χ1) is 7.88. The van der Waals surface area contributed by atoms with Crippen LogP contribution < -0.4 is 10.6 Å². The molecule has 2 N–H and O–H groups in total. The fourth-order valence-corrected chi connectivity index (χ4v) is 1.12. The summed E-state index contributed by atoms with van der Waals surface area (Å²) in [6.45, 7) is 2.97. The number of anilines is 1. The van der Waals surface area contributed by atoms with Gasteiger partial charge in [0.15, 0.2) is 11.5 Å². The third-order valence-corrected chi connectivity index (χ3v) is 1.88. The van der Waals surface area contributed by atoms with Gasteiger partial charge in [-0.3, -0.25) is 0 Å². The molecule has 6 nitrogen and oxygen atoms in total. The van der Waals surface area contributed by atoms with Gasteiger partial charge in [-0.05, 0) is 0 Å². The van der Waals surface area contributed by atoms with Crippen LogP contribution in [0.25, 0.3) is 0 Å². The molecular weight excluding hydrogens is 206 g/mol. The Kier molecular flexibility index (Phi) is 5.84. The Morgan fingerprint density at radius 1 is 1.31 bits per heavy atom. The Hall–Kier alpha value is -1.71. The molecule has 16 heavy (non-hydrogen) atoms. The number of ether oxygens (including phenoxy) is 1. The highest BCUT2D eigenvalue weighted by Crippen LogP contribution is 2.04. The van der Waals surface area contributed by atoms with Crippen LogP contribution >= 0.6 is 0 Å². The number of nitriles is 1. The zero-order chi connectivity index (χ0) is 11.6. The maximum absolute atomic E-state index is 8.77. The molecule has 6 heteroatoms. The summed E-state index contributed by atoms with van der Waals surface area (Å²) < 4.78 is 4.89. The van der Waals surface area contributed by atoms with Crippen molar-refractivity contribution < 1.29 is 4.74 Å². The van der Waals surface area contributed by atoms with Gasteiger partial charge < -0.3 is 15.4 Å². The van der Waals surface area contributed by atoms with E-state index < -0.39 is 0 Å². The van der Waals surface area contributed by atoms with Gasteiger partial charge in [0, 0.05) is 39.1 Å². The maximum atomic E-state index is 8.77. The molecule has 1 rings (SSSR count). The molecule has 1 heterocycles. The number of aromatic nitrogens is 2. The molecule has 0 aromatic carbocycles. The van der Waals surface area contributed by atoms with Gasteiger partial charge in [0.25, 0.3) is 0 Å². The minimum absolute atomic E-state index is 0.319. The van der Waals surface area contributed by atoms with Gasteiger partial charge in [-0.2, -0.15) is 5.26 Å². The highest BCUT2D eigenvalue weighted by Gasteiger charge is 2.01. The first kappa shape index (κ1) is 12.4. The van der Waals surface area contributed by atoms with E-state index in [4.69, 9.17) is 10.00 Å². The van der Waals surface area contributed by atoms with Crippen LogP contribution in [0.4, 0.5) is 5.82 Å². The molecular formula is C10H15N5O. The van der Waals surface area contributed by atoms with E-state index in [0.29, 0.717) is 24.7 Å². The molecule has 1 aromatic rings. The smallest absolute Gasteiger partial charge is 0.182 e. The molecule has 0 unspecified atom stereocenters. The van der Waals surface area contributed by atoms with Crippen LogP contribution in [0.2, 0.25) is 0 Å². The molecule has 0 bridgehead atoms. The van der Waals surface area contributed by atoms with Gasteiger partial charge in [-0.1, -0.05) is 0 Å². The molecule has 0 aliphatic heterocycles. The predicted octanol–water partition coefficient (Wildman–Crippen LogP) is -0.00382. The van der Waals surface area contributed by atoms with Crippen LogP contribution in [0.1, 0.15) is 5.69 Å². The van der Waals surface area contributed by atoms with Gasteiger partial charge in [0.2, 0.25) is 0 Å². The summed E-state index contributed by atoms with van der Waals surface area (Å²) in [7, 11) is 1.67. The number of hydrogen-bond donors (Lipinski definition) is 2. The molecule has 0 spiro atoms. The second-order valence-electron chi connectivity index (χ2n) is 3.03. The summed E-state index contributed by atoms with van der Waals surface area (Å²) in [4.78, 5) is 7.93. The van der Waals surface area contributed by atoms with Crippen molar-refractivity contribution in [2.75, 3.05) is 38.7 Å². The average molecular weight is 221 g/mol. The van der Waals surface area contributed by atoms with Crippen molar-refractivity contribution in [3.8, 4) is 6.07 Å². The first-order valence-electron chi connectivity index (χ1n) is 5.03. The van der Waals surface area contributed by atoms with E-state index in [1.807, 2.05) is 6.07 Å². The molecule has 0 aliphatic rings. The van der Waals surface area contributed by atoms with Gasteiger partial charge in [-0.25, -0.2) is 9.97 Å². The van der Waals surface area contributed by atoms with Crippen molar-refractivity contribution in [2.24, 2.45) is 0 Å². The van der Waals surface area contributed by atoms with Crippen LogP contribution in [-0.4, -0.2) is 43.3 Å². The lowest BCUT2D eigenvalue weighted by molar-refractivity contribution is 0.200. The third kappa shape index (κ3) is 4.21. The maximum Gasteiger partial charge on any atom is 0.182 e. The van der Waals surface area contributed by atoms with E-state index in [2.05, 4.69) is 20.6 Å². The number of nitrogens with zero attached hydrogens (tertiary/aromatic N) is 3. The van der Waals surface area contributed by atoms with Crippen molar-refractivity contribution in [1.29, 1.82) is 5.26 Å². The molecule has 0 atom stereocenters. The highest BCUT2D eigenvalue weighted by atomic mass is 16.5. The van der Waals surface area contributed by atoms with Crippen LogP contribution in [-0.2, 0) is 4.74 Å². The molecule has 86 valence electrons. The van der Waals surface area contributed by atoms with E-state index in [-0.39, 0.29) is 0 Å². The van der Waals surface area contributed by atoms with E-state index in [1.54, 1.807) is 13.3 Å². The molecule has 0 aliphatic carbocycles. The molecule has 1 aromatic heterocycles. The standard InChI is InChI=1S/C10H15N5O/c1-16-7-6-12-2-3-14-10-9(8-11)13-4-5-15-10/h4-5,12H,2-3,6-7H2,1H3,(H,14,15). The van der Waals surface area contributed by atoms with E-state index in [9.17, 15) is 0 Å². The summed E-state index contributed by atoms with van der Waals surface area (Å²) in [5.41, 5.74) is 0.319. The SMILES string of the molecule is COCCNCCNc1nccnc1C#N. The normalized spacial score (nSPS) is 9.75. The van der Waals surface area contributed by atoms with Crippen molar-refractivity contribution in [3.63, 3.8) is 0 Å². The van der Waals surface area contributed by atoms with Crippen molar-refractivity contribution in [1.82, 2.24) is 15.3 Å². The lowest BCUT2D eigenvalue weighted by Gasteiger charge is -2.07. The van der Waals surface area contributed by atoms with Gasteiger partial charge in [0.1, 0.15) is 6.07 Å². The highest BCUT2D eigenvalue weighted by molar-refractivity contribution is 5.46. The molecule has 0 saturated heterocycles. The molecule has 0 amide bonds. The van der Waals surface area contributed by atoms with Crippen LogP contribution in [0.3, 0.4) is 0 Å². The molecule has 0 radical (unpaired) electrons. The Balaban J connectivity index is 2.24. The quantitative estimate of drug-likeness (QED) is 0.630. The van der Waals surface area contributed by atoms with E-state index in [0.717, 1.165) is 13.1 Å². The third-order valence-electron chi connectivity index (χ3n) is 1.88. The summed E-state index contributed by atoms with van der Waals surface area (Å²) in [6.07, 6.45) is 3.06. The van der Waals surface area contributed by atoms with Crippen molar-refractivity contribution >= 4 is 5.82 Å². The topological polar surface area (TPSA) is 82.9 Å². The van der Waals surface area contributed by atoms with Gasteiger partial charge >= 0.3 is 0 Å². The fourth-order valence-electron chi connectivity index (χ4n) is 1.12. The zero-order valence-electron chi connectivity index (χ0n) is 9.23. The van der Waals surface area contributed by atoms with Gasteiger partial charge in [0.05, 0.1) is 6.61 Å². The first-order valence-corrected chi connectivity index (χ1v) is 5.03. The Bertz CT molecular complexity index is 349. The van der Waals surface area contributed by atoms with Crippen LogP contribution in [0.15, 0.2) is 12.4 Å². The Morgan fingerprint density at radius 3 is 2.88 bits per heavy atom. The average Bonchev–Trinajstić information content (AvgIpc) is 2.34. The Labute approximate surface area is 94.7 Å². The second-order valence-corrected chi connectivity index (χ2v) is 3.03. The monoisotopic (exact) mass is 221 g/mol. The van der Waals surface area contributed by atoms with Crippen LogP contribution in [0, 0.1) is 11.3 Å². The number of hydrogen-bond acceptors (Lipinski definition) is 6. The van der Waals surface area contributed by atoms with Crippen molar-refractivity contribution in [2.45, 2.75) is 0 Å². The number of nitrogens with one attached hydrogen (secondary N) is 2. The summed E-state index contributed by atoms with van der Waals surface area (Å²) in [6, 6.07) is 1.98. The number of methoxy groups -OCH3 is 1. The number of rotatable bonds is 7. The molecule has 0 saturated carbocycles. The minimum atomic E-state index is 0.319. The Morgan fingerprint density at radius 2 is 2.12 bits per heavy atom. The van der Waals surface area contributed by atoms with Gasteiger partial charge in [-0.15, -0.1) is 0 Å². The summed E-state index contributed by atoms with van der Waals surface area (Å²) in [5, 5.41) is 15.0. The van der Waals surface area contributed by atoms with Crippen LogP contribution in [0.5, 0.6) is 0 Å². The minimum Gasteiger partial charge on any atom is -0.383 e. The second kappa shape index (κ2) is 7.56.